The first kappa shape index (κ1) is 21.7. The average Bonchev–Trinajstić information content (AvgIpc) is 3.44. The molecule has 0 spiro atoms. The molecule has 0 saturated carbocycles. The molecule has 4 rings (SSSR count). The second kappa shape index (κ2) is 10.6. The molecule has 0 aliphatic heterocycles. The molecule has 1 aliphatic rings. The summed E-state index contributed by atoms with van der Waals surface area (Å²) in [5.41, 5.74) is 5.67. The lowest BCUT2D eigenvalue weighted by molar-refractivity contribution is 0.794. The monoisotopic (exact) mass is 378 g/mol. The molecule has 2 heterocycles. The Labute approximate surface area is 169 Å². The summed E-state index contributed by atoms with van der Waals surface area (Å²) in [6.45, 7) is 13.0. The van der Waals surface area contributed by atoms with E-state index in [1.54, 1.807) is 12.5 Å². The third-order valence-electron chi connectivity index (χ3n) is 4.70. The molecule has 0 unspecified atom stereocenters. The van der Waals surface area contributed by atoms with Crippen molar-refractivity contribution in [3.05, 3.63) is 77.9 Å². The first-order valence-electron chi connectivity index (χ1n) is 10.2. The lowest BCUT2D eigenvalue weighted by Gasteiger charge is -2.08. The van der Waals surface area contributed by atoms with E-state index < -0.39 is 0 Å². The van der Waals surface area contributed by atoms with Gasteiger partial charge in [-0.25, -0.2) is 9.97 Å². The Kier molecular flexibility index (Phi) is 8.24. The molecule has 0 bridgehead atoms. The van der Waals surface area contributed by atoms with Crippen LogP contribution in [0.3, 0.4) is 0 Å². The van der Waals surface area contributed by atoms with Gasteiger partial charge in [0.2, 0.25) is 0 Å². The lowest BCUT2D eigenvalue weighted by Crippen LogP contribution is -1.90. The van der Waals surface area contributed by atoms with Crippen LogP contribution < -0.4 is 0 Å². The van der Waals surface area contributed by atoms with Gasteiger partial charge in [0.25, 0.3) is 0 Å². The highest BCUT2D eigenvalue weighted by Gasteiger charge is 2.14. The SMILES string of the molecule is CC(C)C1=CCc2ccccc21.CC(C)c1cnc[nH]1.CC(C)c1ncc[nH]1. The molecule has 4 heteroatoms. The van der Waals surface area contributed by atoms with E-state index in [0.29, 0.717) is 17.8 Å². The van der Waals surface area contributed by atoms with Crippen LogP contribution in [0.25, 0.3) is 5.57 Å². The second-order valence-corrected chi connectivity index (χ2v) is 7.97. The van der Waals surface area contributed by atoms with Gasteiger partial charge in [-0.2, -0.15) is 0 Å². The molecule has 0 radical (unpaired) electrons. The Morgan fingerprint density at radius 2 is 1.64 bits per heavy atom. The van der Waals surface area contributed by atoms with E-state index >= 15 is 0 Å². The Morgan fingerprint density at radius 1 is 0.893 bits per heavy atom. The number of H-pyrrole nitrogens is 2. The van der Waals surface area contributed by atoms with Crippen molar-refractivity contribution in [3.8, 4) is 0 Å². The summed E-state index contributed by atoms with van der Waals surface area (Å²) in [5.74, 6) is 2.81. The van der Waals surface area contributed by atoms with Crippen LogP contribution >= 0.6 is 0 Å². The Balaban J connectivity index is 0.000000156. The fraction of sp³-hybridized carbons (Fsp3) is 0.417. The van der Waals surface area contributed by atoms with Gasteiger partial charge in [0, 0.05) is 30.2 Å². The highest BCUT2D eigenvalue weighted by Crippen LogP contribution is 2.32. The van der Waals surface area contributed by atoms with Crippen molar-refractivity contribution >= 4 is 5.57 Å². The van der Waals surface area contributed by atoms with Crippen molar-refractivity contribution in [1.82, 2.24) is 19.9 Å². The van der Waals surface area contributed by atoms with Crippen LogP contribution in [0, 0.1) is 5.92 Å². The quantitative estimate of drug-likeness (QED) is 0.558. The molecule has 1 aliphatic carbocycles. The minimum atomic E-state index is 0.519. The van der Waals surface area contributed by atoms with E-state index in [1.165, 1.54) is 22.4 Å². The molecular formula is C24H34N4. The number of aromatic nitrogens is 4. The fourth-order valence-corrected chi connectivity index (χ4v) is 3.03. The third-order valence-corrected chi connectivity index (χ3v) is 4.70. The van der Waals surface area contributed by atoms with E-state index in [2.05, 4.69) is 91.8 Å². The number of hydrogen-bond acceptors (Lipinski definition) is 2. The van der Waals surface area contributed by atoms with Crippen LogP contribution in [0.5, 0.6) is 0 Å². The van der Waals surface area contributed by atoms with Gasteiger partial charge in [0.15, 0.2) is 0 Å². The molecule has 0 saturated heterocycles. The maximum atomic E-state index is 4.06. The molecule has 0 amide bonds. The largest absolute Gasteiger partial charge is 0.348 e. The van der Waals surface area contributed by atoms with Gasteiger partial charge >= 0.3 is 0 Å². The van der Waals surface area contributed by atoms with E-state index in [4.69, 9.17) is 0 Å². The fourth-order valence-electron chi connectivity index (χ4n) is 3.03. The third kappa shape index (κ3) is 6.22. The standard InChI is InChI=1S/C12H14.2C6H10N2/c1-9(2)11-8-7-10-5-3-4-6-12(10)11;1-5(2)6-3-7-4-8-6;1-5(2)6-7-3-4-8-6/h3-6,8-9H,7H2,1-2H3;2*3-5H,1-2H3,(H,7,8). The molecule has 4 nitrogen and oxygen atoms in total. The van der Waals surface area contributed by atoms with Crippen LogP contribution in [0.15, 0.2) is 55.3 Å². The number of nitrogens with one attached hydrogen (secondary N) is 2. The van der Waals surface area contributed by atoms with Gasteiger partial charge in [-0.1, -0.05) is 71.9 Å². The summed E-state index contributed by atoms with van der Waals surface area (Å²) in [4.78, 5) is 14.0. The average molecular weight is 379 g/mol. The molecule has 150 valence electrons. The van der Waals surface area contributed by atoms with Crippen molar-refractivity contribution in [2.75, 3.05) is 0 Å². The number of aromatic amines is 2. The summed E-state index contributed by atoms with van der Waals surface area (Å²) in [5, 5.41) is 0. The van der Waals surface area contributed by atoms with Gasteiger partial charge in [0.05, 0.1) is 6.33 Å². The van der Waals surface area contributed by atoms with Gasteiger partial charge in [-0.3, -0.25) is 0 Å². The molecule has 2 aromatic heterocycles. The van der Waals surface area contributed by atoms with Gasteiger partial charge < -0.3 is 9.97 Å². The maximum absolute atomic E-state index is 4.06. The zero-order valence-electron chi connectivity index (χ0n) is 18.0. The van der Waals surface area contributed by atoms with Crippen molar-refractivity contribution in [3.63, 3.8) is 0 Å². The smallest absolute Gasteiger partial charge is 0.108 e. The van der Waals surface area contributed by atoms with Gasteiger partial charge in [-0.15, -0.1) is 0 Å². The topological polar surface area (TPSA) is 57.4 Å². The Morgan fingerprint density at radius 3 is 2.11 bits per heavy atom. The van der Waals surface area contributed by atoms with Crippen LogP contribution in [-0.2, 0) is 6.42 Å². The number of benzene rings is 1. The van der Waals surface area contributed by atoms with Crippen molar-refractivity contribution < 1.29 is 0 Å². The van der Waals surface area contributed by atoms with Crippen molar-refractivity contribution in [2.24, 2.45) is 5.92 Å². The van der Waals surface area contributed by atoms with E-state index in [1.807, 2.05) is 12.4 Å². The zero-order valence-corrected chi connectivity index (χ0v) is 18.0. The number of imidazole rings is 2. The minimum Gasteiger partial charge on any atom is -0.348 e. The van der Waals surface area contributed by atoms with Crippen molar-refractivity contribution in [2.45, 2.75) is 59.8 Å². The second-order valence-electron chi connectivity index (χ2n) is 7.97. The highest BCUT2D eigenvalue weighted by atomic mass is 14.9. The maximum Gasteiger partial charge on any atom is 0.108 e. The lowest BCUT2D eigenvalue weighted by atomic mass is 9.97. The Bertz CT molecular complexity index is 787. The summed E-state index contributed by atoms with van der Waals surface area (Å²) in [7, 11) is 0. The summed E-state index contributed by atoms with van der Waals surface area (Å²) < 4.78 is 0. The van der Waals surface area contributed by atoms with Gasteiger partial charge in [-0.05, 0) is 35.0 Å². The zero-order chi connectivity index (χ0) is 20.5. The summed E-state index contributed by atoms with van der Waals surface area (Å²) >= 11 is 0. The number of rotatable bonds is 3. The molecule has 1 aromatic carbocycles. The summed E-state index contributed by atoms with van der Waals surface area (Å²) in [6.07, 6.45) is 10.7. The molecule has 2 N–H and O–H groups in total. The number of nitrogens with zero attached hydrogens (tertiary/aromatic N) is 2. The Hall–Kier alpha value is -2.62. The van der Waals surface area contributed by atoms with E-state index in [-0.39, 0.29) is 0 Å². The molecule has 0 fully saturated rings. The van der Waals surface area contributed by atoms with Crippen LogP contribution in [0.4, 0.5) is 0 Å². The predicted molar refractivity (Wildman–Crippen MR) is 118 cm³/mol. The predicted octanol–water partition coefficient (Wildman–Crippen LogP) is 6.35. The molecule has 0 atom stereocenters. The summed E-state index contributed by atoms with van der Waals surface area (Å²) in [6, 6.07) is 8.70. The number of fused-ring (bicyclic) bond motifs is 1. The van der Waals surface area contributed by atoms with Crippen LogP contribution in [0.1, 0.15) is 76.0 Å². The normalized spacial score (nSPS) is 12.2. The molecular weight excluding hydrogens is 344 g/mol. The van der Waals surface area contributed by atoms with Crippen LogP contribution in [0.2, 0.25) is 0 Å². The van der Waals surface area contributed by atoms with E-state index in [9.17, 15) is 0 Å². The minimum absolute atomic E-state index is 0.519. The number of allylic oxidation sites excluding steroid dienone is 2. The van der Waals surface area contributed by atoms with Crippen LogP contribution in [-0.4, -0.2) is 19.9 Å². The number of hydrogen-bond donors (Lipinski definition) is 2. The molecule has 3 aromatic rings. The first-order chi connectivity index (χ1) is 13.4. The highest BCUT2D eigenvalue weighted by molar-refractivity contribution is 5.73. The van der Waals surface area contributed by atoms with E-state index in [0.717, 1.165) is 12.2 Å². The van der Waals surface area contributed by atoms with Gasteiger partial charge in [0.1, 0.15) is 5.82 Å². The van der Waals surface area contributed by atoms with Crippen molar-refractivity contribution in [1.29, 1.82) is 0 Å². The first-order valence-corrected chi connectivity index (χ1v) is 10.2. The molecule has 28 heavy (non-hydrogen) atoms.